The van der Waals surface area contributed by atoms with Gasteiger partial charge >= 0.3 is 0 Å². The van der Waals surface area contributed by atoms with Crippen LogP contribution in [0.25, 0.3) is 4.96 Å². The van der Waals surface area contributed by atoms with Gasteiger partial charge in [0, 0.05) is 11.8 Å². The Hall–Kier alpha value is -1.01. The van der Waals surface area contributed by atoms with Crippen LogP contribution < -0.4 is 5.32 Å². The maximum atomic E-state index is 4.72. The number of nitrogens with one attached hydrogen (secondary N) is 1. The van der Waals surface area contributed by atoms with Crippen LogP contribution in [0.5, 0.6) is 0 Å². The van der Waals surface area contributed by atoms with E-state index in [1.807, 2.05) is 4.52 Å². The highest BCUT2D eigenvalue weighted by atomic mass is 32.1. The van der Waals surface area contributed by atoms with Gasteiger partial charge in [-0.3, -0.25) is 0 Å². The van der Waals surface area contributed by atoms with Crippen LogP contribution in [-0.4, -0.2) is 32.9 Å². The molecule has 0 aromatic carbocycles. The Kier molecular flexibility index (Phi) is 3.30. The molecule has 0 radical (unpaired) electrons. The molecule has 3 rings (SSSR count). The number of nitrogens with zero attached hydrogens (tertiary/aromatic N) is 4. The van der Waals surface area contributed by atoms with E-state index in [-0.39, 0.29) is 5.41 Å². The van der Waals surface area contributed by atoms with Crippen LogP contribution in [-0.2, 0) is 11.8 Å². The summed E-state index contributed by atoms with van der Waals surface area (Å²) in [5.74, 6) is 1.72. The highest BCUT2D eigenvalue weighted by Crippen LogP contribution is 2.25. The van der Waals surface area contributed by atoms with Crippen molar-refractivity contribution in [2.24, 2.45) is 5.92 Å². The second-order valence-corrected chi connectivity index (χ2v) is 7.40. The first kappa shape index (κ1) is 13.0. The van der Waals surface area contributed by atoms with Gasteiger partial charge in [0.1, 0.15) is 5.01 Å². The topological polar surface area (TPSA) is 55.1 Å². The summed E-state index contributed by atoms with van der Waals surface area (Å²) in [6.07, 6.45) is 3.60. The molecule has 6 heteroatoms. The third-order valence-electron chi connectivity index (χ3n) is 3.63. The summed E-state index contributed by atoms with van der Waals surface area (Å²) in [5, 5.41) is 17.8. The van der Waals surface area contributed by atoms with Crippen molar-refractivity contribution in [2.45, 2.75) is 45.4 Å². The summed E-state index contributed by atoms with van der Waals surface area (Å²) in [6.45, 7) is 8.73. The molecule has 1 fully saturated rings. The van der Waals surface area contributed by atoms with Gasteiger partial charge in [-0.1, -0.05) is 32.1 Å². The van der Waals surface area contributed by atoms with Gasteiger partial charge in [0.25, 0.3) is 0 Å². The summed E-state index contributed by atoms with van der Waals surface area (Å²) in [4.78, 5) is 0.925. The van der Waals surface area contributed by atoms with Crippen LogP contribution in [0.4, 0.5) is 0 Å². The molecule has 0 bridgehead atoms. The second kappa shape index (κ2) is 4.83. The molecule has 1 aliphatic rings. The Bertz CT molecular complexity index is 559. The predicted molar refractivity (Wildman–Crippen MR) is 76.7 cm³/mol. The molecule has 3 heterocycles. The van der Waals surface area contributed by atoms with Crippen molar-refractivity contribution < 1.29 is 0 Å². The van der Waals surface area contributed by atoms with E-state index in [4.69, 9.17) is 5.10 Å². The van der Waals surface area contributed by atoms with E-state index in [9.17, 15) is 0 Å². The van der Waals surface area contributed by atoms with E-state index in [1.54, 1.807) is 11.3 Å². The van der Waals surface area contributed by atoms with Crippen LogP contribution in [0.1, 0.15) is 44.4 Å². The van der Waals surface area contributed by atoms with Gasteiger partial charge in [-0.15, -0.1) is 10.2 Å². The van der Waals surface area contributed by atoms with Crippen LogP contribution in [0.15, 0.2) is 0 Å². The molecular weight excluding hydrogens is 258 g/mol. The summed E-state index contributed by atoms with van der Waals surface area (Å²) in [6, 6.07) is 0. The van der Waals surface area contributed by atoms with Crippen molar-refractivity contribution >= 4 is 16.3 Å². The largest absolute Gasteiger partial charge is 0.317 e. The maximum Gasteiger partial charge on any atom is 0.234 e. The molecule has 5 nitrogen and oxygen atoms in total. The molecule has 0 aliphatic carbocycles. The summed E-state index contributed by atoms with van der Waals surface area (Å²) < 4.78 is 1.93. The van der Waals surface area contributed by atoms with Crippen molar-refractivity contribution in [3.63, 3.8) is 0 Å². The molecule has 2 aromatic rings. The Labute approximate surface area is 117 Å². The maximum absolute atomic E-state index is 4.72. The average molecular weight is 279 g/mol. The van der Waals surface area contributed by atoms with E-state index >= 15 is 0 Å². The monoisotopic (exact) mass is 279 g/mol. The van der Waals surface area contributed by atoms with Crippen molar-refractivity contribution in [1.29, 1.82) is 0 Å². The van der Waals surface area contributed by atoms with Crippen LogP contribution in [0.2, 0.25) is 0 Å². The SMILES string of the molecule is CC(C)(C)c1nnc2sc(CC3CCNCC3)nn12. The van der Waals surface area contributed by atoms with Crippen LogP contribution >= 0.6 is 11.3 Å². The minimum atomic E-state index is -0.0144. The van der Waals surface area contributed by atoms with E-state index < -0.39 is 0 Å². The smallest absolute Gasteiger partial charge is 0.234 e. The fourth-order valence-electron chi connectivity index (χ4n) is 2.54. The Morgan fingerprint density at radius 2 is 2.00 bits per heavy atom. The standard InChI is InChI=1S/C13H21N5S/c1-13(2,3)11-15-16-12-18(11)17-10(19-12)8-9-4-6-14-7-5-9/h9,14H,4-8H2,1-3H3. The van der Waals surface area contributed by atoms with Crippen molar-refractivity contribution in [2.75, 3.05) is 13.1 Å². The average Bonchev–Trinajstić information content (AvgIpc) is 2.88. The quantitative estimate of drug-likeness (QED) is 0.914. The van der Waals surface area contributed by atoms with Gasteiger partial charge in [0.05, 0.1) is 0 Å². The molecule has 0 atom stereocenters. The third kappa shape index (κ3) is 2.65. The van der Waals surface area contributed by atoms with Gasteiger partial charge in [-0.05, 0) is 31.8 Å². The van der Waals surface area contributed by atoms with Gasteiger partial charge in [-0.2, -0.15) is 9.61 Å². The zero-order chi connectivity index (χ0) is 13.5. The summed E-state index contributed by atoms with van der Waals surface area (Å²) in [5.41, 5.74) is -0.0144. The van der Waals surface area contributed by atoms with Gasteiger partial charge in [0.15, 0.2) is 5.82 Å². The number of aromatic nitrogens is 4. The Morgan fingerprint density at radius 1 is 1.26 bits per heavy atom. The van der Waals surface area contributed by atoms with E-state index in [2.05, 4.69) is 36.3 Å². The lowest BCUT2D eigenvalue weighted by atomic mass is 9.95. The lowest BCUT2D eigenvalue weighted by molar-refractivity contribution is 0.371. The fraction of sp³-hybridized carbons (Fsp3) is 0.769. The molecule has 104 valence electrons. The minimum absolute atomic E-state index is 0.0144. The Morgan fingerprint density at radius 3 is 2.68 bits per heavy atom. The first-order valence-corrected chi connectivity index (χ1v) is 7.78. The molecule has 0 amide bonds. The fourth-order valence-corrected chi connectivity index (χ4v) is 3.49. The predicted octanol–water partition coefficient (Wildman–Crippen LogP) is 2.03. The zero-order valence-corrected chi connectivity index (χ0v) is 12.6. The Balaban J connectivity index is 1.83. The van der Waals surface area contributed by atoms with E-state index in [0.29, 0.717) is 0 Å². The normalized spacial score (nSPS) is 18.3. The lowest BCUT2D eigenvalue weighted by Gasteiger charge is -2.21. The van der Waals surface area contributed by atoms with Crippen molar-refractivity contribution in [3.8, 4) is 0 Å². The van der Waals surface area contributed by atoms with Crippen LogP contribution in [0.3, 0.4) is 0 Å². The third-order valence-corrected chi connectivity index (χ3v) is 4.55. The minimum Gasteiger partial charge on any atom is -0.317 e. The van der Waals surface area contributed by atoms with Gasteiger partial charge in [0.2, 0.25) is 4.96 Å². The van der Waals surface area contributed by atoms with Crippen molar-refractivity contribution in [3.05, 3.63) is 10.8 Å². The number of rotatable bonds is 2. The molecule has 0 spiro atoms. The van der Waals surface area contributed by atoms with Gasteiger partial charge < -0.3 is 5.32 Å². The molecule has 0 saturated carbocycles. The first-order chi connectivity index (χ1) is 9.04. The number of hydrogen-bond donors (Lipinski definition) is 1. The molecule has 0 unspecified atom stereocenters. The summed E-state index contributed by atoms with van der Waals surface area (Å²) >= 11 is 1.69. The summed E-state index contributed by atoms with van der Waals surface area (Å²) in [7, 11) is 0. The van der Waals surface area contributed by atoms with Crippen LogP contribution in [0, 0.1) is 5.92 Å². The molecule has 2 aromatic heterocycles. The van der Waals surface area contributed by atoms with Gasteiger partial charge in [-0.25, -0.2) is 0 Å². The molecular formula is C13H21N5S. The zero-order valence-electron chi connectivity index (χ0n) is 11.8. The highest BCUT2D eigenvalue weighted by Gasteiger charge is 2.24. The number of hydrogen-bond acceptors (Lipinski definition) is 5. The second-order valence-electron chi connectivity index (χ2n) is 6.36. The highest BCUT2D eigenvalue weighted by molar-refractivity contribution is 7.16. The van der Waals surface area contributed by atoms with E-state index in [1.165, 1.54) is 17.8 Å². The number of fused-ring (bicyclic) bond motifs is 1. The van der Waals surface area contributed by atoms with Crippen molar-refractivity contribution in [1.82, 2.24) is 25.1 Å². The molecule has 1 aliphatic heterocycles. The van der Waals surface area contributed by atoms with E-state index in [0.717, 1.165) is 36.2 Å². The lowest BCUT2D eigenvalue weighted by Crippen LogP contribution is -2.28. The molecule has 19 heavy (non-hydrogen) atoms. The molecule has 1 N–H and O–H groups in total. The molecule has 1 saturated heterocycles. The first-order valence-electron chi connectivity index (χ1n) is 6.96. The number of piperidine rings is 1.